The van der Waals surface area contributed by atoms with Gasteiger partial charge in [-0.2, -0.15) is 0 Å². The number of anilines is 1. The monoisotopic (exact) mass is 397 g/mol. The second kappa shape index (κ2) is 8.07. The van der Waals surface area contributed by atoms with E-state index in [1.807, 2.05) is 0 Å². The summed E-state index contributed by atoms with van der Waals surface area (Å²) in [6.45, 7) is 0. The van der Waals surface area contributed by atoms with Gasteiger partial charge < -0.3 is 19.9 Å². The van der Waals surface area contributed by atoms with Crippen LogP contribution in [0.5, 0.6) is 11.5 Å². The molecule has 0 aliphatic heterocycles. The number of halogens is 2. The first kappa shape index (κ1) is 18.7. The van der Waals surface area contributed by atoms with E-state index in [0.29, 0.717) is 24.3 Å². The molecule has 1 amide bonds. The van der Waals surface area contributed by atoms with Gasteiger partial charge in [-0.05, 0) is 12.8 Å². The van der Waals surface area contributed by atoms with Gasteiger partial charge in [0.25, 0.3) is 5.91 Å². The van der Waals surface area contributed by atoms with E-state index in [-0.39, 0.29) is 33.6 Å². The largest absolute Gasteiger partial charge is 0.491 e. The summed E-state index contributed by atoms with van der Waals surface area (Å²) in [4.78, 5) is 20.4. The van der Waals surface area contributed by atoms with Gasteiger partial charge in [-0.1, -0.05) is 23.2 Å². The zero-order valence-electron chi connectivity index (χ0n) is 13.9. The number of methoxy groups -OCH3 is 1. The molecule has 2 heterocycles. The van der Waals surface area contributed by atoms with E-state index in [1.54, 1.807) is 0 Å². The van der Waals surface area contributed by atoms with E-state index >= 15 is 0 Å². The van der Waals surface area contributed by atoms with Crippen molar-refractivity contribution in [2.24, 2.45) is 0 Å². The number of rotatable bonds is 5. The minimum absolute atomic E-state index is 0.114. The predicted octanol–water partition coefficient (Wildman–Crippen LogP) is 3.34. The van der Waals surface area contributed by atoms with Crippen LogP contribution in [0.4, 0.5) is 5.69 Å². The van der Waals surface area contributed by atoms with Crippen LogP contribution in [0.3, 0.4) is 0 Å². The molecule has 7 nitrogen and oxygen atoms in total. The van der Waals surface area contributed by atoms with E-state index in [2.05, 4.69) is 15.3 Å². The number of carbonyl (C=O) groups excluding carboxylic acids is 1. The van der Waals surface area contributed by atoms with Crippen LogP contribution < -0.4 is 14.8 Å². The van der Waals surface area contributed by atoms with Crippen molar-refractivity contribution in [2.75, 3.05) is 12.4 Å². The Bertz CT molecular complexity index is 798. The summed E-state index contributed by atoms with van der Waals surface area (Å²) in [6, 6.07) is 1.49. The zero-order valence-corrected chi connectivity index (χ0v) is 15.4. The number of hydrogen-bond acceptors (Lipinski definition) is 6. The van der Waals surface area contributed by atoms with Gasteiger partial charge in [0.15, 0.2) is 11.5 Å². The molecular formula is C17H17Cl2N3O4. The minimum Gasteiger partial charge on any atom is -0.491 e. The Balaban J connectivity index is 1.81. The van der Waals surface area contributed by atoms with Gasteiger partial charge in [-0.3, -0.25) is 9.78 Å². The van der Waals surface area contributed by atoms with Crippen molar-refractivity contribution in [1.29, 1.82) is 0 Å². The summed E-state index contributed by atoms with van der Waals surface area (Å²) in [7, 11) is 1.49. The molecule has 0 bridgehead atoms. The predicted molar refractivity (Wildman–Crippen MR) is 97.3 cm³/mol. The van der Waals surface area contributed by atoms with E-state index in [4.69, 9.17) is 32.7 Å². The summed E-state index contributed by atoms with van der Waals surface area (Å²) in [5.41, 5.74) is 0.371. The summed E-state index contributed by atoms with van der Waals surface area (Å²) < 4.78 is 11.1. The first-order valence-electron chi connectivity index (χ1n) is 7.97. The summed E-state index contributed by atoms with van der Waals surface area (Å²) in [5.74, 6) is 0.292. The molecule has 2 aromatic heterocycles. The van der Waals surface area contributed by atoms with Crippen molar-refractivity contribution in [3.8, 4) is 11.5 Å². The van der Waals surface area contributed by atoms with Crippen molar-refractivity contribution in [1.82, 2.24) is 9.97 Å². The zero-order chi connectivity index (χ0) is 18.7. The van der Waals surface area contributed by atoms with E-state index in [1.165, 1.54) is 31.8 Å². The molecule has 2 unspecified atom stereocenters. The molecule has 2 atom stereocenters. The lowest BCUT2D eigenvalue weighted by molar-refractivity contribution is 0.102. The number of hydrogen-bond donors (Lipinski definition) is 2. The molecule has 0 radical (unpaired) electrons. The van der Waals surface area contributed by atoms with Gasteiger partial charge in [-0.25, -0.2) is 4.98 Å². The van der Waals surface area contributed by atoms with Crippen LogP contribution in [0.25, 0.3) is 0 Å². The highest BCUT2D eigenvalue weighted by Crippen LogP contribution is 2.33. The van der Waals surface area contributed by atoms with Crippen LogP contribution in [0, 0.1) is 0 Å². The highest BCUT2D eigenvalue weighted by molar-refractivity contribution is 6.39. The van der Waals surface area contributed by atoms with E-state index in [0.717, 1.165) is 6.42 Å². The van der Waals surface area contributed by atoms with Crippen molar-refractivity contribution in [3.63, 3.8) is 0 Å². The Morgan fingerprint density at radius 3 is 2.58 bits per heavy atom. The molecular weight excluding hydrogens is 381 g/mol. The average Bonchev–Trinajstić information content (AvgIpc) is 3.03. The van der Waals surface area contributed by atoms with Crippen LogP contribution in [0.1, 0.15) is 29.8 Å². The second-order valence-electron chi connectivity index (χ2n) is 5.86. The fourth-order valence-corrected chi connectivity index (χ4v) is 3.17. The number of amides is 1. The molecule has 0 spiro atoms. The van der Waals surface area contributed by atoms with Crippen molar-refractivity contribution >= 4 is 34.8 Å². The number of nitrogens with one attached hydrogen (secondary N) is 1. The van der Waals surface area contributed by atoms with Crippen LogP contribution in [0.15, 0.2) is 24.7 Å². The lowest BCUT2D eigenvalue weighted by Crippen LogP contribution is -2.17. The number of ether oxygens (including phenoxy) is 2. The van der Waals surface area contributed by atoms with Gasteiger partial charge in [0.05, 0.1) is 35.1 Å². The Hall–Kier alpha value is -2.09. The third kappa shape index (κ3) is 4.17. The van der Waals surface area contributed by atoms with Crippen LogP contribution in [-0.4, -0.2) is 40.3 Å². The standard InChI is InChI=1S/C17H17Cl2N3O4/c1-25-15-8-21-13(5-14(15)26-10-3-2-9(23)4-10)17(24)22-16-11(18)6-20-7-12(16)19/h5-10,23H,2-4H2,1H3,(H,20,22,24). The van der Waals surface area contributed by atoms with Crippen LogP contribution >= 0.6 is 23.2 Å². The molecule has 3 rings (SSSR count). The SMILES string of the molecule is COc1cnc(C(=O)Nc2c(Cl)cncc2Cl)cc1OC1CCC(O)C1. The summed E-state index contributed by atoms with van der Waals surface area (Å²) in [5, 5.41) is 12.7. The van der Waals surface area contributed by atoms with Crippen molar-refractivity contribution in [3.05, 3.63) is 40.4 Å². The quantitative estimate of drug-likeness (QED) is 0.803. The molecule has 138 valence electrons. The van der Waals surface area contributed by atoms with Gasteiger partial charge >= 0.3 is 0 Å². The van der Waals surface area contributed by atoms with Gasteiger partial charge in [0, 0.05) is 24.9 Å². The molecule has 0 aromatic carbocycles. The molecule has 1 fully saturated rings. The maximum absolute atomic E-state index is 12.5. The molecule has 1 aliphatic carbocycles. The Morgan fingerprint density at radius 1 is 1.23 bits per heavy atom. The average molecular weight is 398 g/mol. The Labute approximate surface area is 160 Å². The topological polar surface area (TPSA) is 93.6 Å². The lowest BCUT2D eigenvalue weighted by atomic mass is 10.2. The number of aliphatic hydroxyl groups excluding tert-OH is 1. The molecule has 1 saturated carbocycles. The fourth-order valence-electron chi connectivity index (χ4n) is 2.71. The van der Waals surface area contributed by atoms with Gasteiger partial charge in [0.2, 0.25) is 0 Å². The van der Waals surface area contributed by atoms with Crippen molar-refractivity contribution < 1.29 is 19.4 Å². The van der Waals surface area contributed by atoms with Crippen molar-refractivity contribution in [2.45, 2.75) is 31.5 Å². The maximum atomic E-state index is 12.5. The molecule has 2 aromatic rings. The number of carbonyl (C=O) groups is 1. The number of pyridine rings is 2. The van der Waals surface area contributed by atoms with Gasteiger partial charge in [0.1, 0.15) is 11.8 Å². The molecule has 2 N–H and O–H groups in total. The molecule has 0 saturated heterocycles. The van der Waals surface area contributed by atoms with E-state index < -0.39 is 5.91 Å². The lowest BCUT2D eigenvalue weighted by Gasteiger charge is -2.16. The normalized spacial score (nSPS) is 19.2. The van der Waals surface area contributed by atoms with Crippen LogP contribution in [-0.2, 0) is 0 Å². The first-order chi connectivity index (χ1) is 12.5. The van der Waals surface area contributed by atoms with Crippen LogP contribution in [0.2, 0.25) is 10.0 Å². The highest BCUT2D eigenvalue weighted by atomic mass is 35.5. The fraction of sp³-hybridized carbons (Fsp3) is 0.353. The maximum Gasteiger partial charge on any atom is 0.274 e. The molecule has 26 heavy (non-hydrogen) atoms. The van der Waals surface area contributed by atoms with Gasteiger partial charge in [-0.15, -0.1) is 0 Å². The van der Waals surface area contributed by atoms with E-state index in [9.17, 15) is 9.90 Å². The minimum atomic E-state index is -0.501. The highest BCUT2D eigenvalue weighted by Gasteiger charge is 2.26. The smallest absolute Gasteiger partial charge is 0.274 e. The number of nitrogens with zero attached hydrogens (tertiary/aromatic N) is 2. The Kier molecular flexibility index (Phi) is 5.80. The third-order valence-corrected chi connectivity index (χ3v) is 4.60. The molecule has 9 heteroatoms. The second-order valence-corrected chi connectivity index (χ2v) is 6.67. The number of aromatic nitrogens is 2. The Morgan fingerprint density at radius 2 is 1.96 bits per heavy atom. The molecule has 1 aliphatic rings. The number of aliphatic hydroxyl groups is 1. The summed E-state index contributed by atoms with van der Waals surface area (Å²) >= 11 is 12.0. The summed E-state index contributed by atoms with van der Waals surface area (Å²) in [6.07, 6.45) is 5.61. The third-order valence-electron chi connectivity index (χ3n) is 4.03. The first-order valence-corrected chi connectivity index (χ1v) is 8.72.